The van der Waals surface area contributed by atoms with Crippen molar-refractivity contribution in [2.24, 2.45) is 0 Å². The van der Waals surface area contributed by atoms with Crippen LogP contribution in [0, 0.1) is 6.92 Å². The lowest BCUT2D eigenvalue weighted by atomic mass is 10.1. The van der Waals surface area contributed by atoms with Gasteiger partial charge in [-0.25, -0.2) is 4.79 Å². The van der Waals surface area contributed by atoms with Crippen LogP contribution in [-0.2, 0) is 0 Å². The summed E-state index contributed by atoms with van der Waals surface area (Å²) in [6.45, 7) is 3.19. The van der Waals surface area contributed by atoms with Crippen LogP contribution in [0.25, 0.3) is 0 Å². The second kappa shape index (κ2) is 6.74. The number of hydrogen-bond acceptors (Lipinski definition) is 5. The fraction of sp³-hybridized carbons (Fsp3) is 0.400. The van der Waals surface area contributed by atoms with Gasteiger partial charge in [0, 0.05) is 12.6 Å². The van der Waals surface area contributed by atoms with Crippen molar-refractivity contribution in [3.8, 4) is 5.88 Å². The number of likely N-dealkylation sites (tertiary alicyclic amines) is 1. The summed E-state index contributed by atoms with van der Waals surface area (Å²) in [7, 11) is 0. The summed E-state index contributed by atoms with van der Waals surface area (Å²) in [6, 6.07) is 7.41. The molecule has 6 nitrogen and oxygen atoms in total. The third kappa shape index (κ3) is 3.73. The van der Waals surface area contributed by atoms with E-state index in [1.165, 1.54) is 11.3 Å². The van der Waals surface area contributed by atoms with Gasteiger partial charge in [0.05, 0.1) is 17.2 Å². The minimum Gasteiger partial charge on any atom is -0.471 e. The van der Waals surface area contributed by atoms with Crippen molar-refractivity contribution in [1.82, 2.24) is 15.1 Å². The van der Waals surface area contributed by atoms with E-state index in [9.17, 15) is 4.79 Å². The Hall–Kier alpha value is -2.15. The Kier molecular flexibility index (Phi) is 4.53. The zero-order chi connectivity index (χ0) is 15.4. The second-order valence-electron chi connectivity index (χ2n) is 5.25. The van der Waals surface area contributed by atoms with Gasteiger partial charge in [-0.3, -0.25) is 5.32 Å². The largest absolute Gasteiger partial charge is 0.471 e. The van der Waals surface area contributed by atoms with E-state index in [0.717, 1.165) is 30.1 Å². The van der Waals surface area contributed by atoms with Crippen molar-refractivity contribution in [3.05, 3.63) is 35.3 Å². The number of anilines is 1. The number of nitrogens with one attached hydrogen (secondary N) is 1. The summed E-state index contributed by atoms with van der Waals surface area (Å²) < 4.78 is 5.83. The maximum absolute atomic E-state index is 12.2. The van der Waals surface area contributed by atoms with Gasteiger partial charge >= 0.3 is 6.03 Å². The molecule has 0 aliphatic carbocycles. The summed E-state index contributed by atoms with van der Waals surface area (Å²) in [5.74, 6) is 0.510. The molecular weight excluding hydrogens is 300 g/mol. The summed E-state index contributed by atoms with van der Waals surface area (Å²) in [5, 5.41) is 13.7. The first kappa shape index (κ1) is 14.8. The van der Waals surface area contributed by atoms with Crippen molar-refractivity contribution in [3.63, 3.8) is 0 Å². The van der Waals surface area contributed by atoms with Crippen LogP contribution < -0.4 is 10.1 Å². The van der Waals surface area contributed by atoms with Gasteiger partial charge in [0.1, 0.15) is 6.10 Å². The van der Waals surface area contributed by atoms with Crippen LogP contribution in [0.5, 0.6) is 5.88 Å². The molecule has 0 saturated carbocycles. The third-order valence-corrected chi connectivity index (χ3v) is 4.26. The Labute approximate surface area is 133 Å². The van der Waals surface area contributed by atoms with E-state index in [0.29, 0.717) is 12.4 Å². The van der Waals surface area contributed by atoms with E-state index < -0.39 is 0 Å². The first-order valence-corrected chi connectivity index (χ1v) is 8.15. The van der Waals surface area contributed by atoms with Crippen LogP contribution in [0.4, 0.5) is 9.80 Å². The van der Waals surface area contributed by atoms with Crippen molar-refractivity contribution in [2.75, 3.05) is 18.4 Å². The first-order chi connectivity index (χ1) is 10.7. The topological polar surface area (TPSA) is 67.3 Å². The molecule has 2 amide bonds. The molecule has 1 aliphatic rings. The molecule has 0 aromatic carbocycles. The molecule has 1 aliphatic heterocycles. The number of amides is 2. The maximum Gasteiger partial charge on any atom is 0.322 e. The monoisotopic (exact) mass is 318 g/mol. The molecule has 1 fully saturated rings. The number of rotatable bonds is 3. The molecule has 7 heteroatoms. The van der Waals surface area contributed by atoms with Crippen LogP contribution in [0.2, 0.25) is 0 Å². The Morgan fingerprint density at radius 1 is 1.41 bits per heavy atom. The first-order valence-electron chi connectivity index (χ1n) is 7.27. The summed E-state index contributed by atoms with van der Waals surface area (Å²) >= 11 is 1.51. The lowest BCUT2D eigenvalue weighted by Crippen LogP contribution is -2.46. The van der Waals surface area contributed by atoms with Crippen molar-refractivity contribution >= 4 is 22.4 Å². The number of piperidine rings is 1. The zero-order valence-corrected chi connectivity index (χ0v) is 13.2. The molecule has 1 N–H and O–H groups in total. The highest BCUT2D eigenvalue weighted by Crippen LogP contribution is 2.19. The van der Waals surface area contributed by atoms with Gasteiger partial charge in [-0.2, -0.15) is 5.10 Å². The zero-order valence-electron chi connectivity index (χ0n) is 12.4. The number of urea groups is 1. The number of carbonyl (C=O) groups excluding carboxylic acids is 1. The molecule has 3 rings (SSSR count). The fourth-order valence-electron chi connectivity index (χ4n) is 2.37. The van der Waals surface area contributed by atoms with Crippen LogP contribution >= 0.6 is 11.3 Å². The molecule has 22 heavy (non-hydrogen) atoms. The van der Waals surface area contributed by atoms with Gasteiger partial charge in [0.15, 0.2) is 0 Å². The summed E-state index contributed by atoms with van der Waals surface area (Å²) in [6.07, 6.45) is 1.79. The molecule has 1 saturated heterocycles. The van der Waals surface area contributed by atoms with Crippen LogP contribution in [0.3, 0.4) is 0 Å². The number of hydrogen-bond donors (Lipinski definition) is 1. The average molecular weight is 318 g/mol. The Morgan fingerprint density at radius 2 is 2.32 bits per heavy atom. The smallest absolute Gasteiger partial charge is 0.322 e. The molecular formula is C15H18N4O2S. The number of thiophene rings is 1. The number of carbonyl (C=O) groups is 1. The summed E-state index contributed by atoms with van der Waals surface area (Å²) in [4.78, 5) is 14.0. The summed E-state index contributed by atoms with van der Waals surface area (Å²) in [5.41, 5.74) is 0.855. The highest BCUT2D eigenvalue weighted by molar-refractivity contribution is 7.14. The van der Waals surface area contributed by atoms with Gasteiger partial charge in [-0.1, -0.05) is 0 Å². The van der Waals surface area contributed by atoms with E-state index in [1.54, 1.807) is 4.90 Å². The average Bonchev–Trinajstić information content (AvgIpc) is 3.03. The Bertz CT molecular complexity index is 615. The maximum atomic E-state index is 12.2. The highest BCUT2D eigenvalue weighted by atomic mass is 32.1. The van der Waals surface area contributed by atoms with Gasteiger partial charge in [-0.15, -0.1) is 16.4 Å². The van der Waals surface area contributed by atoms with Gasteiger partial charge in [0.2, 0.25) is 5.88 Å². The van der Waals surface area contributed by atoms with Gasteiger partial charge in [0.25, 0.3) is 0 Å². The van der Waals surface area contributed by atoms with Gasteiger partial charge < -0.3 is 9.64 Å². The molecule has 1 atom stereocenters. The number of nitrogens with zero attached hydrogens (tertiary/aromatic N) is 3. The molecule has 1 unspecified atom stereocenters. The molecule has 2 aromatic heterocycles. The van der Waals surface area contributed by atoms with Gasteiger partial charge in [-0.05, 0) is 43.3 Å². The second-order valence-corrected chi connectivity index (χ2v) is 6.20. The van der Waals surface area contributed by atoms with E-state index in [2.05, 4.69) is 15.5 Å². The quantitative estimate of drug-likeness (QED) is 0.945. The molecule has 3 heterocycles. The number of aryl methyl sites for hydroxylation is 1. The third-order valence-electron chi connectivity index (χ3n) is 3.48. The normalized spacial score (nSPS) is 18.0. The minimum absolute atomic E-state index is 0.0418. The molecule has 116 valence electrons. The van der Waals surface area contributed by atoms with Crippen LogP contribution in [-0.4, -0.2) is 40.3 Å². The lowest BCUT2D eigenvalue weighted by molar-refractivity contribution is 0.102. The lowest BCUT2D eigenvalue weighted by Gasteiger charge is -2.32. The van der Waals surface area contributed by atoms with E-state index in [-0.39, 0.29) is 12.1 Å². The van der Waals surface area contributed by atoms with E-state index >= 15 is 0 Å². The number of aromatic nitrogens is 2. The highest BCUT2D eigenvalue weighted by Gasteiger charge is 2.25. The fourth-order valence-corrected chi connectivity index (χ4v) is 2.98. The minimum atomic E-state index is -0.0780. The SMILES string of the molecule is Cc1ccc(OC2CCCN(C(=O)Nc3cccs3)C2)nn1. The van der Waals surface area contributed by atoms with Crippen molar-refractivity contribution in [2.45, 2.75) is 25.9 Å². The van der Waals surface area contributed by atoms with Crippen LogP contribution in [0.1, 0.15) is 18.5 Å². The van der Waals surface area contributed by atoms with E-state index in [1.807, 2.05) is 36.6 Å². The number of ether oxygens (including phenoxy) is 1. The molecule has 2 aromatic rings. The van der Waals surface area contributed by atoms with Crippen molar-refractivity contribution in [1.29, 1.82) is 0 Å². The van der Waals surface area contributed by atoms with E-state index in [4.69, 9.17) is 4.74 Å². The molecule has 0 bridgehead atoms. The Balaban J connectivity index is 1.56. The predicted molar refractivity (Wildman–Crippen MR) is 85.3 cm³/mol. The Morgan fingerprint density at radius 3 is 3.05 bits per heavy atom. The van der Waals surface area contributed by atoms with Crippen molar-refractivity contribution < 1.29 is 9.53 Å². The molecule has 0 radical (unpaired) electrons. The molecule has 0 spiro atoms. The standard InChI is InChI=1S/C15H18N4O2S/c1-11-6-7-13(18-17-11)21-12-4-2-8-19(10-12)15(20)16-14-5-3-9-22-14/h3,5-7,9,12H,2,4,8,10H2,1H3,(H,16,20). The van der Waals surface area contributed by atoms with Crippen LogP contribution in [0.15, 0.2) is 29.6 Å². The predicted octanol–water partition coefficient (Wildman–Crippen LogP) is 2.92.